The molecule has 108 valence electrons. The van der Waals surface area contributed by atoms with Crippen LogP contribution in [0.5, 0.6) is 0 Å². The van der Waals surface area contributed by atoms with Gasteiger partial charge in [-0.05, 0) is 11.8 Å². The molecule has 2 rings (SSSR count). The molecule has 0 unspecified atom stereocenters. The lowest BCUT2D eigenvalue weighted by Gasteiger charge is -1.95. The SMILES string of the molecule is F[B-](F)(F)F.c1ccc(C[SH+]Cc2ccccc2)cc1. The molecule has 0 spiro atoms. The van der Waals surface area contributed by atoms with Crippen molar-refractivity contribution >= 4 is 19.0 Å². The van der Waals surface area contributed by atoms with Crippen LogP contribution >= 0.6 is 0 Å². The van der Waals surface area contributed by atoms with Gasteiger partial charge in [-0.2, -0.15) is 0 Å². The second kappa shape index (κ2) is 8.69. The lowest BCUT2D eigenvalue weighted by Crippen LogP contribution is -2.02. The first kappa shape index (κ1) is 16.6. The second-order valence-corrected chi connectivity index (χ2v) is 5.09. The Hall–Kier alpha value is -1.43. The summed E-state index contributed by atoms with van der Waals surface area (Å²) < 4.78 is 39.0. The van der Waals surface area contributed by atoms with Gasteiger partial charge in [0, 0.05) is 11.1 Å². The highest BCUT2D eigenvalue weighted by Gasteiger charge is 2.20. The van der Waals surface area contributed by atoms with Crippen LogP contribution in [0.25, 0.3) is 0 Å². The Bertz CT molecular complexity index is 428. The lowest BCUT2D eigenvalue weighted by atomic mass is 10.2. The summed E-state index contributed by atoms with van der Waals surface area (Å²) in [6.45, 7) is 0. The average molecular weight is 302 g/mol. The first-order chi connectivity index (χ1) is 9.45. The number of hydrogen-bond acceptors (Lipinski definition) is 0. The number of benzene rings is 2. The number of hydrogen-bond donors (Lipinski definition) is 0. The molecule has 0 nitrogen and oxygen atoms in total. The van der Waals surface area contributed by atoms with Crippen LogP contribution in [0.1, 0.15) is 11.1 Å². The second-order valence-electron chi connectivity index (χ2n) is 4.01. The summed E-state index contributed by atoms with van der Waals surface area (Å²) >= 11 is 1.47. The molecule has 0 heterocycles. The van der Waals surface area contributed by atoms with E-state index in [1.54, 1.807) is 0 Å². The molecule has 2 aromatic carbocycles. The van der Waals surface area contributed by atoms with Gasteiger partial charge < -0.3 is 17.3 Å². The average Bonchev–Trinajstić information content (AvgIpc) is 2.39. The third-order valence-electron chi connectivity index (χ3n) is 2.27. The highest BCUT2D eigenvalue weighted by atomic mass is 32.2. The predicted molar refractivity (Wildman–Crippen MR) is 79.2 cm³/mol. The van der Waals surface area contributed by atoms with E-state index in [-0.39, 0.29) is 0 Å². The van der Waals surface area contributed by atoms with Gasteiger partial charge >= 0.3 is 7.25 Å². The summed E-state index contributed by atoms with van der Waals surface area (Å²) in [6.07, 6.45) is 0. The van der Waals surface area contributed by atoms with E-state index in [2.05, 4.69) is 60.7 Å². The summed E-state index contributed by atoms with van der Waals surface area (Å²) in [7, 11) is -6.00. The molecule has 0 radical (unpaired) electrons. The van der Waals surface area contributed by atoms with E-state index in [4.69, 9.17) is 0 Å². The molecule has 6 heteroatoms. The lowest BCUT2D eigenvalue weighted by molar-refractivity contribution is 0.368. The van der Waals surface area contributed by atoms with Crippen molar-refractivity contribution in [3.8, 4) is 0 Å². The summed E-state index contributed by atoms with van der Waals surface area (Å²) in [5, 5.41) is 0. The fourth-order valence-corrected chi connectivity index (χ4v) is 2.53. The van der Waals surface area contributed by atoms with Crippen LogP contribution < -0.4 is 0 Å². The van der Waals surface area contributed by atoms with Gasteiger partial charge in [-0.25, -0.2) is 0 Å². The zero-order valence-corrected chi connectivity index (χ0v) is 11.6. The van der Waals surface area contributed by atoms with Crippen molar-refractivity contribution in [1.29, 1.82) is 0 Å². The van der Waals surface area contributed by atoms with Crippen LogP contribution in [0.2, 0.25) is 0 Å². The van der Waals surface area contributed by atoms with Gasteiger partial charge in [-0.15, -0.1) is 0 Å². The van der Waals surface area contributed by atoms with E-state index < -0.39 is 7.25 Å². The van der Waals surface area contributed by atoms with E-state index in [0.29, 0.717) is 0 Å². The zero-order valence-electron chi connectivity index (χ0n) is 10.7. The third kappa shape index (κ3) is 9.50. The van der Waals surface area contributed by atoms with Crippen LogP contribution in [0.4, 0.5) is 17.3 Å². The highest BCUT2D eigenvalue weighted by molar-refractivity contribution is 7.76. The van der Waals surface area contributed by atoms with Crippen molar-refractivity contribution in [3.05, 3.63) is 71.8 Å². The highest BCUT2D eigenvalue weighted by Crippen LogP contribution is 2.07. The van der Waals surface area contributed by atoms with Gasteiger partial charge in [0.2, 0.25) is 0 Å². The maximum Gasteiger partial charge on any atom is 0.673 e. The van der Waals surface area contributed by atoms with Gasteiger partial charge in [0.15, 0.2) is 0 Å². The summed E-state index contributed by atoms with van der Waals surface area (Å²) in [4.78, 5) is 0. The first-order valence-corrected chi connectivity index (χ1v) is 7.30. The van der Waals surface area contributed by atoms with Crippen molar-refractivity contribution in [3.63, 3.8) is 0 Å². The molecule has 0 aliphatic carbocycles. The van der Waals surface area contributed by atoms with E-state index in [1.165, 1.54) is 22.9 Å². The van der Waals surface area contributed by atoms with E-state index in [0.717, 1.165) is 11.5 Å². The molecule has 0 N–H and O–H groups in total. The Labute approximate surface area is 120 Å². The van der Waals surface area contributed by atoms with Crippen molar-refractivity contribution in [2.75, 3.05) is 0 Å². The van der Waals surface area contributed by atoms with Crippen LogP contribution in [0.15, 0.2) is 60.7 Å². The predicted octanol–water partition coefficient (Wildman–Crippen LogP) is 4.50. The molecule has 0 amide bonds. The van der Waals surface area contributed by atoms with Gasteiger partial charge in [0.1, 0.15) is 11.5 Å². The quantitative estimate of drug-likeness (QED) is 0.337. The van der Waals surface area contributed by atoms with Gasteiger partial charge in [0.25, 0.3) is 0 Å². The molecule has 20 heavy (non-hydrogen) atoms. The number of thiol groups is 1. The Kier molecular flexibility index (Phi) is 7.22. The van der Waals surface area contributed by atoms with Gasteiger partial charge in [-0.3, -0.25) is 0 Å². The molecule has 0 aliphatic heterocycles. The Morgan fingerprint density at radius 1 is 0.650 bits per heavy atom. The molecule has 0 fully saturated rings. The molecular weight excluding hydrogens is 287 g/mol. The molecule has 2 aromatic rings. The summed E-state index contributed by atoms with van der Waals surface area (Å²) in [6, 6.07) is 21.3. The van der Waals surface area contributed by atoms with Crippen molar-refractivity contribution < 1.29 is 17.3 Å². The van der Waals surface area contributed by atoms with E-state index in [9.17, 15) is 17.3 Å². The standard InChI is InChI=1S/C14H14S.BF4/c1-3-7-13(8-4-1)11-15-12-14-9-5-2-6-10-14;2-1(3,4)5/h1-10H,11-12H2;/q;-1/p+1. The Morgan fingerprint density at radius 2 is 0.950 bits per heavy atom. The maximum absolute atomic E-state index is 9.75. The van der Waals surface area contributed by atoms with E-state index >= 15 is 0 Å². The maximum atomic E-state index is 9.75. The van der Waals surface area contributed by atoms with Crippen molar-refractivity contribution in [2.24, 2.45) is 0 Å². The minimum absolute atomic E-state index is 1.15. The Morgan fingerprint density at radius 3 is 1.25 bits per heavy atom. The number of halogens is 4. The molecule has 0 bridgehead atoms. The normalized spacial score (nSPS) is 10.6. The summed E-state index contributed by atoms with van der Waals surface area (Å²) in [5.74, 6) is 2.30. The minimum atomic E-state index is -6.00. The smallest absolute Gasteiger partial charge is 0.418 e. The van der Waals surface area contributed by atoms with Crippen molar-refractivity contribution in [2.45, 2.75) is 11.5 Å². The summed E-state index contributed by atoms with van der Waals surface area (Å²) in [5.41, 5.74) is 2.85. The zero-order chi connectivity index (χ0) is 14.8. The van der Waals surface area contributed by atoms with E-state index in [1.807, 2.05) is 0 Å². The Balaban J connectivity index is 0.000000347. The van der Waals surface area contributed by atoms with Gasteiger partial charge in [0.05, 0.1) is 0 Å². The largest absolute Gasteiger partial charge is 0.673 e. The minimum Gasteiger partial charge on any atom is -0.418 e. The first-order valence-electron chi connectivity index (χ1n) is 6.03. The molecule has 0 saturated heterocycles. The van der Waals surface area contributed by atoms with Crippen LogP contribution in [0.3, 0.4) is 0 Å². The molecule has 0 atom stereocenters. The van der Waals surface area contributed by atoms with Crippen LogP contribution in [-0.4, -0.2) is 7.25 Å². The number of rotatable bonds is 4. The van der Waals surface area contributed by atoms with Gasteiger partial charge in [-0.1, -0.05) is 60.7 Å². The monoisotopic (exact) mass is 302 g/mol. The molecule has 0 aromatic heterocycles. The molecular formula is C14H15BF4S. The van der Waals surface area contributed by atoms with Crippen LogP contribution in [-0.2, 0) is 23.3 Å². The molecule has 0 saturated carbocycles. The van der Waals surface area contributed by atoms with Crippen molar-refractivity contribution in [1.82, 2.24) is 0 Å². The third-order valence-corrected chi connectivity index (χ3v) is 3.45. The van der Waals surface area contributed by atoms with Crippen LogP contribution in [0, 0.1) is 0 Å². The topological polar surface area (TPSA) is 0 Å². The fourth-order valence-electron chi connectivity index (χ4n) is 1.48. The fraction of sp³-hybridized carbons (Fsp3) is 0.143. The molecule has 0 aliphatic rings.